The molecule has 0 heterocycles. The molecule has 16 heavy (non-hydrogen) atoms. The van der Waals surface area contributed by atoms with Gasteiger partial charge in [0.1, 0.15) is 10.6 Å². The van der Waals surface area contributed by atoms with Crippen LogP contribution >= 0.6 is 11.8 Å². The second kappa shape index (κ2) is 6.12. The molecule has 1 aromatic carbocycles. The fourth-order valence-electron chi connectivity index (χ4n) is 1.19. The van der Waals surface area contributed by atoms with Gasteiger partial charge < -0.3 is 5.11 Å². The van der Waals surface area contributed by atoms with Crippen molar-refractivity contribution in [2.24, 2.45) is 0 Å². The van der Waals surface area contributed by atoms with Crippen LogP contribution in [0.5, 0.6) is 5.75 Å². The monoisotopic (exact) mass is 261 g/mol. The van der Waals surface area contributed by atoms with Gasteiger partial charge in [-0.3, -0.25) is 0 Å². The van der Waals surface area contributed by atoms with Crippen molar-refractivity contribution in [1.29, 1.82) is 0 Å². The molecule has 1 rings (SSSR count). The third-order valence-electron chi connectivity index (χ3n) is 1.97. The van der Waals surface area contributed by atoms with Gasteiger partial charge in [-0.25, -0.2) is 13.1 Å². The quantitative estimate of drug-likeness (QED) is 0.760. The molecule has 0 atom stereocenters. The van der Waals surface area contributed by atoms with Crippen LogP contribution in [0.2, 0.25) is 0 Å². The molecule has 0 bridgehead atoms. The first kappa shape index (κ1) is 13.3. The summed E-state index contributed by atoms with van der Waals surface area (Å²) in [4.78, 5) is -0.0702. The van der Waals surface area contributed by atoms with Crippen LogP contribution in [0.4, 0.5) is 0 Å². The van der Waals surface area contributed by atoms with Crippen LogP contribution in [0.3, 0.4) is 0 Å². The number of hydrogen-bond acceptors (Lipinski definition) is 4. The number of para-hydroxylation sites is 1. The van der Waals surface area contributed by atoms with Crippen molar-refractivity contribution in [3.63, 3.8) is 0 Å². The Morgan fingerprint density at radius 1 is 1.38 bits per heavy atom. The summed E-state index contributed by atoms with van der Waals surface area (Å²) in [5.74, 6) is 0.684. The largest absolute Gasteiger partial charge is 0.507 e. The van der Waals surface area contributed by atoms with Gasteiger partial charge in [-0.2, -0.15) is 11.8 Å². The van der Waals surface area contributed by atoms with Crippen molar-refractivity contribution in [3.05, 3.63) is 24.3 Å². The van der Waals surface area contributed by atoms with Gasteiger partial charge in [-0.1, -0.05) is 12.1 Å². The summed E-state index contributed by atoms with van der Waals surface area (Å²) >= 11 is 1.67. The highest BCUT2D eigenvalue weighted by atomic mass is 32.2. The molecule has 0 saturated heterocycles. The zero-order valence-electron chi connectivity index (χ0n) is 9.01. The molecule has 2 N–H and O–H groups in total. The fourth-order valence-corrected chi connectivity index (χ4v) is 2.79. The number of phenolic OH excluding ortho intramolecular Hbond substituents is 1. The molecule has 0 unspecified atom stereocenters. The predicted molar refractivity (Wildman–Crippen MR) is 66.3 cm³/mol. The lowest BCUT2D eigenvalue weighted by Crippen LogP contribution is -2.25. The van der Waals surface area contributed by atoms with Crippen LogP contribution in [-0.2, 0) is 10.0 Å². The zero-order valence-corrected chi connectivity index (χ0v) is 10.6. The van der Waals surface area contributed by atoms with Crippen LogP contribution in [-0.4, -0.2) is 32.1 Å². The number of phenols is 1. The lowest BCUT2D eigenvalue weighted by molar-refractivity contribution is 0.458. The maximum atomic E-state index is 11.7. The van der Waals surface area contributed by atoms with E-state index in [1.54, 1.807) is 23.9 Å². The molecule has 0 aliphatic carbocycles. The van der Waals surface area contributed by atoms with Gasteiger partial charge >= 0.3 is 0 Å². The Kier molecular flexibility index (Phi) is 5.11. The summed E-state index contributed by atoms with van der Waals surface area (Å²) in [6, 6.07) is 5.90. The van der Waals surface area contributed by atoms with Crippen molar-refractivity contribution in [2.75, 3.05) is 18.6 Å². The van der Waals surface area contributed by atoms with E-state index in [1.807, 2.05) is 6.26 Å². The van der Waals surface area contributed by atoms with Gasteiger partial charge in [0, 0.05) is 6.54 Å². The fraction of sp³-hybridized carbons (Fsp3) is 0.400. The molecule has 0 radical (unpaired) electrons. The van der Waals surface area contributed by atoms with Gasteiger partial charge in [0.15, 0.2) is 0 Å². The third kappa shape index (κ3) is 3.70. The summed E-state index contributed by atoms with van der Waals surface area (Å²) < 4.78 is 25.9. The molecule has 0 spiro atoms. The van der Waals surface area contributed by atoms with E-state index in [2.05, 4.69) is 4.72 Å². The van der Waals surface area contributed by atoms with E-state index in [0.717, 1.165) is 12.2 Å². The Bertz CT molecular complexity index is 431. The predicted octanol–water partition coefficient (Wildman–Crippen LogP) is 1.42. The van der Waals surface area contributed by atoms with Gasteiger partial charge in [-0.15, -0.1) is 0 Å². The molecule has 90 valence electrons. The Morgan fingerprint density at radius 2 is 2.06 bits per heavy atom. The second-order valence-corrected chi connectivity index (χ2v) is 5.93. The van der Waals surface area contributed by atoms with Crippen LogP contribution in [0, 0.1) is 0 Å². The number of hydrogen-bond donors (Lipinski definition) is 2. The van der Waals surface area contributed by atoms with Gasteiger partial charge in [0.05, 0.1) is 0 Å². The molecule has 6 heteroatoms. The van der Waals surface area contributed by atoms with Crippen molar-refractivity contribution >= 4 is 21.8 Å². The second-order valence-electron chi connectivity index (χ2n) is 3.21. The minimum absolute atomic E-state index is 0.0702. The topological polar surface area (TPSA) is 66.4 Å². The van der Waals surface area contributed by atoms with Crippen LogP contribution < -0.4 is 4.72 Å². The van der Waals surface area contributed by atoms with Crippen LogP contribution in [0.15, 0.2) is 29.2 Å². The zero-order chi connectivity index (χ0) is 12.0. The number of nitrogens with one attached hydrogen (secondary N) is 1. The maximum Gasteiger partial charge on any atom is 0.244 e. The standard InChI is InChI=1S/C10H15NO3S2/c1-15-8-4-7-11-16(13,14)10-6-3-2-5-9(10)12/h2-3,5-6,11-12H,4,7-8H2,1H3. The summed E-state index contributed by atoms with van der Waals surface area (Å²) in [5.41, 5.74) is 0. The first-order chi connectivity index (χ1) is 7.58. The normalized spacial score (nSPS) is 11.6. The minimum atomic E-state index is -3.58. The van der Waals surface area contributed by atoms with Crippen LogP contribution in [0.25, 0.3) is 0 Å². The van der Waals surface area contributed by atoms with Crippen molar-refractivity contribution in [3.8, 4) is 5.75 Å². The first-order valence-corrected chi connectivity index (χ1v) is 7.72. The smallest absolute Gasteiger partial charge is 0.244 e. The summed E-state index contributed by atoms with van der Waals surface area (Å²) in [7, 11) is -3.58. The molecule has 0 aromatic heterocycles. The van der Waals surface area contributed by atoms with Crippen molar-refractivity contribution in [2.45, 2.75) is 11.3 Å². The highest BCUT2D eigenvalue weighted by molar-refractivity contribution is 7.98. The average Bonchev–Trinajstić information content (AvgIpc) is 2.25. The maximum absolute atomic E-state index is 11.7. The van der Waals surface area contributed by atoms with E-state index < -0.39 is 10.0 Å². The van der Waals surface area contributed by atoms with Gasteiger partial charge in [0.2, 0.25) is 10.0 Å². The number of aromatic hydroxyl groups is 1. The highest BCUT2D eigenvalue weighted by Gasteiger charge is 2.16. The van der Waals surface area contributed by atoms with E-state index in [1.165, 1.54) is 12.1 Å². The molecule has 4 nitrogen and oxygen atoms in total. The van der Waals surface area contributed by atoms with E-state index in [-0.39, 0.29) is 10.6 Å². The van der Waals surface area contributed by atoms with E-state index >= 15 is 0 Å². The third-order valence-corrected chi connectivity index (χ3v) is 4.18. The Hall–Kier alpha value is -0.720. The van der Waals surface area contributed by atoms with Crippen molar-refractivity contribution in [1.82, 2.24) is 4.72 Å². The number of sulfonamides is 1. The average molecular weight is 261 g/mol. The van der Waals surface area contributed by atoms with Gasteiger partial charge in [0.25, 0.3) is 0 Å². The lowest BCUT2D eigenvalue weighted by Gasteiger charge is -2.07. The Balaban J connectivity index is 2.68. The van der Waals surface area contributed by atoms with Crippen molar-refractivity contribution < 1.29 is 13.5 Å². The first-order valence-electron chi connectivity index (χ1n) is 4.84. The Morgan fingerprint density at radius 3 is 2.69 bits per heavy atom. The van der Waals surface area contributed by atoms with Gasteiger partial charge in [-0.05, 0) is 30.6 Å². The van der Waals surface area contributed by atoms with E-state index in [0.29, 0.717) is 6.54 Å². The molecule has 0 aliphatic rings. The van der Waals surface area contributed by atoms with E-state index in [4.69, 9.17) is 0 Å². The molecule has 0 aliphatic heterocycles. The molecule has 0 amide bonds. The van der Waals surface area contributed by atoms with E-state index in [9.17, 15) is 13.5 Å². The summed E-state index contributed by atoms with van der Waals surface area (Å²) in [5, 5.41) is 9.43. The number of rotatable bonds is 6. The lowest BCUT2D eigenvalue weighted by atomic mass is 10.3. The molecular formula is C10H15NO3S2. The SMILES string of the molecule is CSCCCNS(=O)(=O)c1ccccc1O. The highest BCUT2D eigenvalue weighted by Crippen LogP contribution is 2.20. The summed E-state index contributed by atoms with van der Waals surface area (Å²) in [6.07, 6.45) is 2.74. The van der Waals surface area contributed by atoms with Crippen LogP contribution in [0.1, 0.15) is 6.42 Å². The molecule has 0 saturated carbocycles. The summed E-state index contributed by atoms with van der Waals surface area (Å²) in [6.45, 7) is 0.386. The minimum Gasteiger partial charge on any atom is -0.507 e. The Labute approximate surface area is 100 Å². The molecule has 0 fully saturated rings. The molecular weight excluding hydrogens is 246 g/mol. The number of benzene rings is 1. The number of thioether (sulfide) groups is 1. The molecule has 1 aromatic rings.